The predicted molar refractivity (Wildman–Crippen MR) is 100 cm³/mol. The van der Waals surface area contributed by atoms with Gasteiger partial charge in [0.25, 0.3) is 5.91 Å². The SMILES string of the molecule is CCN(C)C(=O)c1cc(-c2n[nH]c(=O)n2-c2cccc(C)c2)c(O)cc1O. The lowest BCUT2D eigenvalue weighted by atomic mass is 10.1. The number of amides is 1. The van der Waals surface area contributed by atoms with E-state index in [9.17, 15) is 19.8 Å². The number of aromatic nitrogens is 3. The average molecular weight is 368 g/mol. The summed E-state index contributed by atoms with van der Waals surface area (Å²) in [6.45, 7) is 4.15. The molecule has 1 amide bonds. The maximum absolute atomic E-state index is 12.5. The molecule has 1 aromatic heterocycles. The molecule has 0 saturated heterocycles. The Balaban J connectivity index is 2.21. The van der Waals surface area contributed by atoms with Crippen molar-refractivity contribution in [2.24, 2.45) is 0 Å². The van der Waals surface area contributed by atoms with Gasteiger partial charge in [-0.05, 0) is 37.6 Å². The zero-order valence-electron chi connectivity index (χ0n) is 15.2. The Morgan fingerprint density at radius 3 is 2.63 bits per heavy atom. The average Bonchev–Trinajstić information content (AvgIpc) is 3.02. The third-order valence-electron chi connectivity index (χ3n) is 4.34. The van der Waals surface area contributed by atoms with Crippen LogP contribution in [0.2, 0.25) is 0 Å². The summed E-state index contributed by atoms with van der Waals surface area (Å²) in [6, 6.07) is 9.64. The molecule has 0 spiro atoms. The van der Waals surface area contributed by atoms with Crippen LogP contribution in [0.15, 0.2) is 41.2 Å². The van der Waals surface area contributed by atoms with Crippen molar-refractivity contribution < 1.29 is 15.0 Å². The van der Waals surface area contributed by atoms with Gasteiger partial charge < -0.3 is 15.1 Å². The van der Waals surface area contributed by atoms with Crippen LogP contribution < -0.4 is 5.69 Å². The summed E-state index contributed by atoms with van der Waals surface area (Å²) < 4.78 is 1.30. The minimum absolute atomic E-state index is 0.0124. The van der Waals surface area contributed by atoms with Crippen LogP contribution in [0.3, 0.4) is 0 Å². The highest BCUT2D eigenvalue weighted by atomic mass is 16.3. The zero-order valence-corrected chi connectivity index (χ0v) is 15.2. The lowest BCUT2D eigenvalue weighted by Gasteiger charge is -2.16. The highest BCUT2D eigenvalue weighted by Crippen LogP contribution is 2.34. The summed E-state index contributed by atoms with van der Waals surface area (Å²) in [5.41, 5.74) is 1.19. The van der Waals surface area contributed by atoms with Gasteiger partial charge in [-0.15, -0.1) is 0 Å². The highest BCUT2D eigenvalue weighted by molar-refractivity contribution is 5.98. The summed E-state index contributed by atoms with van der Waals surface area (Å²) in [5, 5.41) is 26.8. The van der Waals surface area contributed by atoms with Gasteiger partial charge >= 0.3 is 5.69 Å². The molecule has 3 N–H and O–H groups in total. The first-order valence-corrected chi connectivity index (χ1v) is 8.39. The first-order chi connectivity index (χ1) is 12.8. The number of phenols is 2. The second kappa shape index (κ2) is 6.99. The summed E-state index contributed by atoms with van der Waals surface area (Å²) in [6.07, 6.45) is 0. The van der Waals surface area contributed by atoms with Gasteiger partial charge in [0.15, 0.2) is 5.82 Å². The lowest BCUT2D eigenvalue weighted by Crippen LogP contribution is -2.26. The molecule has 0 unspecified atom stereocenters. The summed E-state index contributed by atoms with van der Waals surface area (Å²) in [5.74, 6) is -0.912. The van der Waals surface area contributed by atoms with Crippen molar-refractivity contribution in [3.05, 3.63) is 58.0 Å². The molecule has 8 heteroatoms. The van der Waals surface area contributed by atoms with E-state index in [4.69, 9.17) is 0 Å². The minimum Gasteiger partial charge on any atom is -0.507 e. The van der Waals surface area contributed by atoms with E-state index in [-0.39, 0.29) is 28.5 Å². The van der Waals surface area contributed by atoms with Gasteiger partial charge in [-0.3, -0.25) is 4.79 Å². The zero-order chi connectivity index (χ0) is 19.7. The Labute approximate surface area is 155 Å². The molecule has 3 aromatic rings. The number of rotatable bonds is 4. The Morgan fingerprint density at radius 1 is 1.22 bits per heavy atom. The Kier molecular flexibility index (Phi) is 4.72. The van der Waals surface area contributed by atoms with Gasteiger partial charge in [0.05, 0.1) is 16.8 Å². The molecule has 0 atom stereocenters. The van der Waals surface area contributed by atoms with E-state index >= 15 is 0 Å². The number of hydrogen-bond acceptors (Lipinski definition) is 5. The monoisotopic (exact) mass is 368 g/mol. The first kappa shape index (κ1) is 18.2. The Bertz CT molecular complexity index is 1070. The standard InChI is InChI=1S/C19H20N4O4/c1-4-22(3)18(26)14-9-13(15(24)10-16(14)25)17-20-21-19(27)23(17)12-7-5-6-11(2)8-12/h5-10,24-25H,4H2,1-3H3,(H,21,27). The normalized spacial score (nSPS) is 10.8. The summed E-state index contributed by atoms with van der Waals surface area (Å²) in [4.78, 5) is 26.2. The maximum atomic E-state index is 12.5. The number of carbonyl (C=O) groups excluding carboxylic acids is 1. The smallest absolute Gasteiger partial charge is 0.348 e. The number of aryl methyl sites for hydroxylation is 1. The van der Waals surface area contributed by atoms with Crippen LogP contribution in [0.4, 0.5) is 0 Å². The molecule has 0 aliphatic heterocycles. The molecule has 0 saturated carbocycles. The molecule has 140 valence electrons. The van der Waals surface area contributed by atoms with Crippen molar-refractivity contribution >= 4 is 5.91 Å². The van der Waals surface area contributed by atoms with Crippen molar-refractivity contribution in [2.45, 2.75) is 13.8 Å². The number of hydrogen-bond donors (Lipinski definition) is 3. The van der Waals surface area contributed by atoms with E-state index in [1.165, 1.54) is 15.5 Å². The number of nitrogens with zero attached hydrogens (tertiary/aromatic N) is 3. The third-order valence-corrected chi connectivity index (χ3v) is 4.34. The fourth-order valence-corrected chi connectivity index (χ4v) is 2.76. The van der Waals surface area contributed by atoms with E-state index in [1.807, 2.05) is 13.0 Å². The van der Waals surface area contributed by atoms with E-state index in [1.54, 1.807) is 32.2 Å². The summed E-state index contributed by atoms with van der Waals surface area (Å²) >= 11 is 0. The molecule has 3 rings (SSSR count). The molecule has 1 heterocycles. The van der Waals surface area contributed by atoms with Crippen molar-refractivity contribution in [2.75, 3.05) is 13.6 Å². The molecule has 0 radical (unpaired) electrons. The second-order valence-corrected chi connectivity index (χ2v) is 6.23. The first-order valence-electron chi connectivity index (χ1n) is 8.39. The minimum atomic E-state index is -0.485. The molecule has 2 aromatic carbocycles. The number of benzene rings is 2. The molecule has 8 nitrogen and oxygen atoms in total. The Morgan fingerprint density at radius 2 is 1.96 bits per heavy atom. The molecule has 0 aliphatic rings. The number of H-pyrrole nitrogens is 1. The van der Waals surface area contributed by atoms with Crippen LogP contribution in [0.1, 0.15) is 22.8 Å². The fraction of sp³-hybridized carbons (Fsp3) is 0.211. The van der Waals surface area contributed by atoms with Gasteiger partial charge in [-0.1, -0.05) is 12.1 Å². The van der Waals surface area contributed by atoms with Gasteiger partial charge in [-0.25, -0.2) is 14.5 Å². The number of phenolic OH excluding ortho intramolecular Hbond substituents is 2. The molecule has 0 fully saturated rings. The van der Waals surface area contributed by atoms with Crippen LogP contribution >= 0.6 is 0 Å². The number of nitrogens with one attached hydrogen (secondary N) is 1. The lowest BCUT2D eigenvalue weighted by molar-refractivity contribution is 0.0799. The quantitative estimate of drug-likeness (QED) is 0.652. The molecule has 0 aliphatic carbocycles. The third kappa shape index (κ3) is 3.29. The highest BCUT2D eigenvalue weighted by Gasteiger charge is 2.22. The van der Waals surface area contributed by atoms with Gasteiger partial charge in [0.2, 0.25) is 0 Å². The van der Waals surface area contributed by atoms with Crippen LogP contribution in [-0.4, -0.2) is 49.4 Å². The van der Waals surface area contributed by atoms with Crippen molar-refractivity contribution in [1.29, 1.82) is 0 Å². The Hall–Kier alpha value is -3.55. The van der Waals surface area contributed by atoms with E-state index < -0.39 is 11.6 Å². The number of carbonyl (C=O) groups is 1. The largest absolute Gasteiger partial charge is 0.507 e. The van der Waals surface area contributed by atoms with Gasteiger partial charge in [0.1, 0.15) is 11.5 Å². The van der Waals surface area contributed by atoms with Crippen LogP contribution in [0.25, 0.3) is 17.1 Å². The van der Waals surface area contributed by atoms with Gasteiger partial charge in [0, 0.05) is 19.7 Å². The number of aromatic hydroxyl groups is 2. The molecule has 0 bridgehead atoms. The van der Waals surface area contributed by atoms with Crippen LogP contribution in [0, 0.1) is 6.92 Å². The fourth-order valence-electron chi connectivity index (χ4n) is 2.76. The topological polar surface area (TPSA) is 111 Å². The van der Waals surface area contributed by atoms with E-state index in [0.717, 1.165) is 11.6 Å². The number of aromatic amines is 1. The summed E-state index contributed by atoms with van der Waals surface area (Å²) in [7, 11) is 1.60. The maximum Gasteiger partial charge on any atom is 0.348 e. The van der Waals surface area contributed by atoms with Crippen molar-refractivity contribution in [3.63, 3.8) is 0 Å². The molecular formula is C19H20N4O4. The van der Waals surface area contributed by atoms with E-state index in [0.29, 0.717) is 12.2 Å². The van der Waals surface area contributed by atoms with E-state index in [2.05, 4.69) is 10.2 Å². The van der Waals surface area contributed by atoms with Crippen molar-refractivity contribution in [3.8, 4) is 28.6 Å². The predicted octanol–water partition coefficient (Wildman–Crippen LogP) is 2.04. The second-order valence-electron chi connectivity index (χ2n) is 6.23. The van der Waals surface area contributed by atoms with Crippen LogP contribution in [0.5, 0.6) is 11.5 Å². The molecular weight excluding hydrogens is 348 g/mol. The van der Waals surface area contributed by atoms with Crippen molar-refractivity contribution in [1.82, 2.24) is 19.7 Å². The van der Waals surface area contributed by atoms with Crippen LogP contribution in [-0.2, 0) is 0 Å². The molecule has 27 heavy (non-hydrogen) atoms. The van der Waals surface area contributed by atoms with Gasteiger partial charge in [-0.2, -0.15) is 5.10 Å².